The van der Waals surface area contributed by atoms with E-state index in [9.17, 15) is 0 Å². The number of aromatic nitrogens is 1. The molecule has 0 amide bonds. The van der Waals surface area contributed by atoms with Gasteiger partial charge in [-0.25, -0.2) is 0 Å². The number of rotatable bonds is 7. The lowest BCUT2D eigenvalue weighted by atomic mass is 9.86. The van der Waals surface area contributed by atoms with Gasteiger partial charge >= 0.3 is 0 Å². The first-order valence-corrected chi connectivity index (χ1v) is 8.07. The van der Waals surface area contributed by atoms with Crippen LogP contribution in [-0.4, -0.2) is 18.1 Å². The zero-order valence-electron chi connectivity index (χ0n) is 13.1. The van der Waals surface area contributed by atoms with E-state index in [1.165, 1.54) is 24.8 Å². The minimum absolute atomic E-state index is 0.412. The van der Waals surface area contributed by atoms with E-state index in [0.29, 0.717) is 6.04 Å². The number of nitrogens with one attached hydrogen (secondary N) is 1. The van der Waals surface area contributed by atoms with Crippen LogP contribution in [0.25, 0.3) is 0 Å². The predicted molar refractivity (Wildman–Crippen MR) is 82.9 cm³/mol. The molecule has 2 rings (SSSR count). The van der Waals surface area contributed by atoms with Crippen molar-refractivity contribution in [3.05, 3.63) is 24.0 Å². The maximum absolute atomic E-state index is 5.72. The quantitative estimate of drug-likeness (QED) is 0.818. The van der Waals surface area contributed by atoms with Crippen molar-refractivity contribution in [2.75, 3.05) is 13.2 Å². The highest BCUT2D eigenvalue weighted by molar-refractivity contribution is 5.27. The molecule has 1 aromatic rings. The van der Waals surface area contributed by atoms with Crippen molar-refractivity contribution in [1.29, 1.82) is 0 Å². The summed E-state index contributed by atoms with van der Waals surface area (Å²) >= 11 is 0. The molecule has 3 atom stereocenters. The second kappa shape index (κ2) is 7.63. The van der Waals surface area contributed by atoms with Crippen LogP contribution in [0.5, 0.6) is 5.75 Å². The number of ether oxygens (including phenoxy) is 1. The Balaban J connectivity index is 2.15. The lowest BCUT2D eigenvalue weighted by molar-refractivity contribution is 0.298. The first kappa shape index (κ1) is 15.3. The maximum Gasteiger partial charge on any atom is 0.137 e. The summed E-state index contributed by atoms with van der Waals surface area (Å²) in [5.74, 6) is 2.41. The molecule has 0 aromatic carbocycles. The number of hydrogen-bond acceptors (Lipinski definition) is 3. The zero-order chi connectivity index (χ0) is 14.4. The first-order valence-electron chi connectivity index (χ1n) is 8.07. The molecule has 112 valence electrons. The summed E-state index contributed by atoms with van der Waals surface area (Å²) in [6.45, 7) is 8.44. The molecule has 0 spiro atoms. The third kappa shape index (κ3) is 3.72. The first-order chi connectivity index (χ1) is 9.76. The topological polar surface area (TPSA) is 34.1 Å². The number of nitrogens with zero attached hydrogens (tertiary/aromatic N) is 1. The van der Waals surface area contributed by atoms with Crippen molar-refractivity contribution in [2.45, 2.75) is 52.5 Å². The van der Waals surface area contributed by atoms with Crippen LogP contribution >= 0.6 is 0 Å². The van der Waals surface area contributed by atoms with Crippen molar-refractivity contribution >= 4 is 0 Å². The van der Waals surface area contributed by atoms with E-state index in [0.717, 1.165) is 37.2 Å². The van der Waals surface area contributed by atoms with E-state index in [-0.39, 0.29) is 0 Å². The summed E-state index contributed by atoms with van der Waals surface area (Å²) in [7, 11) is 0. The van der Waals surface area contributed by atoms with Crippen molar-refractivity contribution in [1.82, 2.24) is 10.3 Å². The second-order valence-corrected chi connectivity index (χ2v) is 5.91. The van der Waals surface area contributed by atoms with Crippen molar-refractivity contribution in [2.24, 2.45) is 11.8 Å². The van der Waals surface area contributed by atoms with Gasteiger partial charge in [0.2, 0.25) is 0 Å². The minimum Gasteiger partial charge on any atom is -0.492 e. The molecule has 0 aliphatic heterocycles. The van der Waals surface area contributed by atoms with Crippen LogP contribution in [0.2, 0.25) is 0 Å². The van der Waals surface area contributed by atoms with Gasteiger partial charge in [-0.1, -0.05) is 33.6 Å². The highest BCUT2D eigenvalue weighted by Gasteiger charge is 2.31. The zero-order valence-corrected chi connectivity index (χ0v) is 13.1. The highest BCUT2D eigenvalue weighted by atomic mass is 16.5. The second-order valence-electron chi connectivity index (χ2n) is 5.91. The van der Waals surface area contributed by atoms with E-state index >= 15 is 0 Å². The third-order valence-electron chi connectivity index (χ3n) is 4.35. The Labute approximate surface area is 123 Å². The van der Waals surface area contributed by atoms with Gasteiger partial charge in [0.1, 0.15) is 5.75 Å². The number of pyridine rings is 1. The van der Waals surface area contributed by atoms with Gasteiger partial charge in [-0.15, -0.1) is 0 Å². The normalized spacial score (nSPS) is 23.8. The van der Waals surface area contributed by atoms with Gasteiger partial charge in [-0.05, 0) is 42.9 Å². The summed E-state index contributed by atoms with van der Waals surface area (Å²) in [5, 5.41) is 3.66. The Morgan fingerprint density at radius 1 is 1.35 bits per heavy atom. The van der Waals surface area contributed by atoms with E-state index in [4.69, 9.17) is 4.74 Å². The molecule has 1 N–H and O–H groups in total. The van der Waals surface area contributed by atoms with Crippen LogP contribution in [0.3, 0.4) is 0 Å². The Hall–Kier alpha value is -1.09. The molecular formula is C17H28N2O. The van der Waals surface area contributed by atoms with Gasteiger partial charge in [0, 0.05) is 12.2 Å². The lowest BCUT2D eigenvalue weighted by Gasteiger charge is -2.28. The summed E-state index contributed by atoms with van der Waals surface area (Å²) in [5.41, 5.74) is 1.28. The average molecular weight is 276 g/mol. The molecule has 3 unspecified atom stereocenters. The molecule has 1 heterocycles. The van der Waals surface area contributed by atoms with Crippen LogP contribution in [-0.2, 0) is 0 Å². The molecule has 0 radical (unpaired) electrons. The Kier molecular flexibility index (Phi) is 5.84. The Morgan fingerprint density at radius 2 is 2.20 bits per heavy atom. The van der Waals surface area contributed by atoms with Crippen molar-refractivity contribution < 1.29 is 4.74 Å². The van der Waals surface area contributed by atoms with E-state index in [1.54, 1.807) is 0 Å². The predicted octanol–water partition coefficient (Wildman–Crippen LogP) is 3.96. The van der Waals surface area contributed by atoms with Crippen LogP contribution in [0, 0.1) is 11.8 Å². The fourth-order valence-corrected chi connectivity index (χ4v) is 3.31. The van der Waals surface area contributed by atoms with Crippen molar-refractivity contribution in [3.8, 4) is 5.75 Å². The SMILES string of the molecule is CCCOc1cncc(C(NCC)C2CCCC2C)c1. The molecule has 1 aliphatic rings. The largest absolute Gasteiger partial charge is 0.492 e. The maximum atomic E-state index is 5.72. The van der Waals surface area contributed by atoms with Gasteiger partial charge in [-0.2, -0.15) is 0 Å². The Morgan fingerprint density at radius 3 is 2.85 bits per heavy atom. The lowest BCUT2D eigenvalue weighted by Crippen LogP contribution is -2.29. The monoisotopic (exact) mass is 276 g/mol. The fraction of sp³-hybridized carbons (Fsp3) is 0.706. The highest BCUT2D eigenvalue weighted by Crippen LogP contribution is 2.40. The third-order valence-corrected chi connectivity index (χ3v) is 4.35. The molecular weight excluding hydrogens is 248 g/mol. The Bertz CT molecular complexity index is 408. The standard InChI is InChI=1S/C17H28N2O/c1-4-9-20-15-10-14(11-18-12-15)17(19-5-2)16-8-6-7-13(16)3/h10-13,16-17,19H,4-9H2,1-3H3. The molecule has 3 heteroatoms. The molecule has 1 aromatic heterocycles. The molecule has 3 nitrogen and oxygen atoms in total. The van der Waals surface area contributed by atoms with E-state index < -0.39 is 0 Å². The fourth-order valence-electron chi connectivity index (χ4n) is 3.31. The average Bonchev–Trinajstić information content (AvgIpc) is 2.89. The van der Waals surface area contributed by atoms with Crippen LogP contribution in [0.1, 0.15) is 58.1 Å². The van der Waals surface area contributed by atoms with Gasteiger partial charge in [0.25, 0.3) is 0 Å². The molecule has 1 fully saturated rings. The van der Waals surface area contributed by atoms with Gasteiger partial charge in [0.05, 0.1) is 12.8 Å². The van der Waals surface area contributed by atoms with Crippen molar-refractivity contribution in [3.63, 3.8) is 0 Å². The molecule has 1 saturated carbocycles. The smallest absolute Gasteiger partial charge is 0.137 e. The van der Waals surface area contributed by atoms with Gasteiger partial charge in [-0.3, -0.25) is 4.98 Å². The summed E-state index contributed by atoms with van der Waals surface area (Å²) in [6, 6.07) is 2.58. The van der Waals surface area contributed by atoms with E-state index in [1.807, 2.05) is 12.4 Å². The summed E-state index contributed by atoms with van der Waals surface area (Å²) < 4.78 is 5.72. The van der Waals surface area contributed by atoms with Gasteiger partial charge < -0.3 is 10.1 Å². The minimum atomic E-state index is 0.412. The van der Waals surface area contributed by atoms with Crippen LogP contribution in [0.4, 0.5) is 0 Å². The molecule has 0 bridgehead atoms. The van der Waals surface area contributed by atoms with Gasteiger partial charge in [0.15, 0.2) is 0 Å². The molecule has 20 heavy (non-hydrogen) atoms. The van der Waals surface area contributed by atoms with Crippen LogP contribution < -0.4 is 10.1 Å². The number of hydrogen-bond donors (Lipinski definition) is 1. The van der Waals surface area contributed by atoms with Crippen LogP contribution in [0.15, 0.2) is 18.5 Å². The molecule has 0 saturated heterocycles. The molecule has 1 aliphatic carbocycles. The summed E-state index contributed by atoms with van der Waals surface area (Å²) in [4.78, 5) is 4.37. The summed E-state index contributed by atoms with van der Waals surface area (Å²) in [6.07, 6.45) is 8.87. The van der Waals surface area contributed by atoms with E-state index in [2.05, 4.69) is 37.1 Å².